The predicted octanol–water partition coefficient (Wildman–Crippen LogP) is 2.79. The van der Waals surface area contributed by atoms with Crippen LogP contribution in [0.2, 0.25) is 0 Å². The van der Waals surface area contributed by atoms with Crippen LogP contribution in [0.4, 0.5) is 5.69 Å². The summed E-state index contributed by atoms with van der Waals surface area (Å²) in [6.45, 7) is 0. The van der Waals surface area contributed by atoms with Crippen LogP contribution in [-0.4, -0.2) is 32.3 Å². The second-order valence-electron chi connectivity index (χ2n) is 4.90. The first-order chi connectivity index (χ1) is 9.33. The summed E-state index contributed by atoms with van der Waals surface area (Å²) in [5.74, 6) is 3.42. The normalized spacial score (nSPS) is 19.3. The number of rotatable bonds is 3. The van der Waals surface area contributed by atoms with E-state index in [1.807, 2.05) is 23.4 Å². The molecule has 3 rings (SSSR count). The van der Waals surface area contributed by atoms with Crippen LogP contribution in [-0.2, 0) is 7.05 Å². The molecule has 1 aliphatic heterocycles. The molecule has 2 aromatic rings. The molecular formula is C14H18N4S. The van der Waals surface area contributed by atoms with Crippen molar-refractivity contribution in [2.45, 2.75) is 18.9 Å². The molecule has 1 aromatic heterocycles. The van der Waals surface area contributed by atoms with Crippen molar-refractivity contribution in [3.05, 3.63) is 30.6 Å². The van der Waals surface area contributed by atoms with E-state index >= 15 is 0 Å². The van der Waals surface area contributed by atoms with E-state index in [1.165, 1.54) is 30.0 Å². The van der Waals surface area contributed by atoms with Crippen molar-refractivity contribution >= 4 is 17.4 Å². The third-order valence-electron chi connectivity index (χ3n) is 3.39. The summed E-state index contributed by atoms with van der Waals surface area (Å²) < 4.78 is 1.93. The Morgan fingerprint density at radius 2 is 2.16 bits per heavy atom. The number of anilines is 1. The van der Waals surface area contributed by atoms with Gasteiger partial charge in [0.25, 0.3) is 0 Å². The fourth-order valence-corrected chi connectivity index (χ4v) is 3.42. The Morgan fingerprint density at radius 1 is 1.32 bits per heavy atom. The van der Waals surface area contributed by atoms with E-state index in [9.17, 15) is 0 Å². The number of aryl methyl sites for hydroxylation is 1. The van der Waals surface area contributed by atoms with Gasteiger partial charge in [0.15, 0.2) is 5.82 Å². The van der Waals surface area contributed by atoms with Crippen molar-refractivity contribution in [3.63, 3.8) is 0 Å². The maximum absolute atomic E-state index is 4.12. The molecule has 0 amide bonds. The smallest absolute Gasteiger partial charge is 0.163 e. The molecule has 100 valence electrons. The molecule has 0 radical (unpaired) electrons. The molecule has 0 aliphatic carbocycles. The third-order valence-corrected chi connectivity index (χ3v) is 4.60. The lowest BCUT2D eigenvalue weighted by molar-refractivity contribution is 0.685. The molecule has 1 aromatic carbocycles. The zero-order chi connectivity index (χ0) is 13.1. The number of benzene rings is 1. The molecule has 4 nitrogen and oxygen atoms in total. The van der Waals surface area contributed by atoms with E-state index < -0.39 is 0 Å². The fourth-order valence-electron chi connectivity index (χ4n) is 2.35. The van der Waals surface area contributed by atoms with Crippen molar-refractivity contribution in [1.82, 2.24) is 14.8 Å². The molecule has 1 N–H and O–H groups in total. The monoisotopic (exact) mass is 274 g/mol. The van der Waals surface area contributed by atoms with Crippen molar-refractivity contribution < 1.29 is 0 Å². The summed E-state index contributed by atoms with van der Waals surface area (Å²) in [5, 5.41) is 11.6. The van der Waals surface area contributed by atoms with Gasteiger partial charge < -0.3 is 9.88 Å². The van der Waals surface area contributed by atoms with Gasteiger partial charge in [0.05, 0.1) is 0 Å². The minimum Gasteiger partial charge on any atom is -0.381 e. The molecule has 19 heavy (non-hydrogen) atoms. The zero-order valence-corrected chi connectivity index (χ0v) is 11.9. The lowest BCUT2D eigenvalue weighted by atomic mass is 10.1. The minimum atomic E-state index is 0.611. The molecule has 1 unspecified atom stereocenters. The van der Waals surface area contributed by atoms with Crippen molar-refractivity contribution in [3.8, 4) is 11.4 Å². The highest BCUT2D eigenvalue weighted by molar-refractivity contribution is 7.99. The number of hydrogen-bond donors (Lipinski definition) is 1. The molecule has 1 atom stereocenters. The molecular weight excluding hydrogens is 256 g/mol. The maximum Gasteiger partial charge on any atom is 0.163 e. The van der Waals surface area contributed by atoms with Gasteiger partial charge in [-0.3, -0.25) is 0 Å². The van der Waals surface area contributed by atoms with Gasteiger partial charge in [0, 0.05) is 30.1 Å². The van der Waals surface area contributed by atoms with E-state index in [1.54, 1.807) is 6.33 Å². The average molecular weight is 274 g/mol. The van der Waals surface area contributed by atoms with Crippen molar-refractivity contribution in [2.75, 3.05) is 16.8 Å². The van der Waals surface area contributed by atoms with Gasteiger partial charge in [-0.1, -0.05) is 0 Å². The molecule has 1 saturated heterocycles. The summed E-state index contributed by atoms with van der Waals surface area (Å²) in [7, 11) is 1.96. The first-order valence-electron chi connectivity index (χ1n) is 6.61. The Kier molecular flexibility index (Phi) is 3.73. The van der Waals surface area contributed by atoms with E-state index in [4.69, 9.17) is 0 Å². The first kappa shape index (κ1) is 12.5. The topological polar surface area (TPSA) is 42.7 Å². The predicted molar refractivity (Wildman–Crippen MR) is 80.4 cm³/mol. The van der Waals surface area contributed by atoms with Crippen LogP contribution < -0.4 is 5.32 Å². The Labute approximate surface area is 117 Å². The molecule has 0 saturated carbocycles. The fraction of sp³-hybridized carbons (Fsp3) is 0.429. The molecule has 2 heterocycles. The SMILES string of the molecule is Cn1cnnc1-c1ccc(NC2CCCSC2)cc1. The van der Waals surface area contributed by atoms with Crippen molar-refractivity contribution in [2.24, 2.45) is 7.05 Å². The Bertz CT molecular complexity index is 529. The van der Waals surface area contributed by atoms with Crippen LogP contribution in [0.1, 0.15) is 12.8 Å². The number of thioether (sulfide) groups is 1. The summed E-state index contributed by atoms with van der Waals surface area (Å²) in [6.07, 6.45) is 4.32. The number of nitrogens with one attached hydrogen (secondary N) is 1. The highest BCUT2D eigenvalue weighted by Crippen LogP contribution is 2.23. The quantitative estimate of drug-likeness (QED) is 0.934. The molecule has 0 spiro atoms. The van der Waals surface area contributed by atoms with Gasteiger partial charge in [-0.2, -0.15) is 11.8 Å². The lowest BCUT2D eigenvalue weighted by Gasteiger charge is -2.23. The van der Waals surface area contributed by atoms with Gasteiger partial charge in [0.1, 0.15) is 6.33 Å². The minimum absolute atomic E-state index is 0.611. The maximum atomic E-state index is 4.12. The summed E-state index contributed by atoms with van der Waals surface area (Å²) in [6, 6.07) is 9.07. The summed E-state index contributed by atoms with van der Waals surface area (Å²) in [4.78, 5) is 0. The zero-order valence-electron chi connectivity index (χ0n) is 11.0. The third kappa shape index (κ3) is 2.92. The van der Waals surface area contributed by atoms with Crippen LogP contribution in [0.25, 0.3) is 11.4 Å². The lowest BCUT2D eigenvalue weighted by Crippen LogP contribution is -2.25. The standard InChI is InChI=1S/C14H18N4S/c1-18-10-15-17-14(18)11-4-6-12(7-5-11)16-13-3-2-8-19-9-13/h4-7,10,13,16H,2-3,8-9H2,1H3. The highest BCUT2D eigenvalue weighted by atomic mass is 32.2. The second-order valence-corrected chi connectivity index (χ2v) is 6.05. The van der Waals surface area contributed by atoms with Gasteiger partial charge in [-0.05, 0) is 42.9 Å². The average Bonchev–Trinajstić information content (AvgIpc) is 2.87. The number of hydrogen-bond acceptors (Lipinski definition) is 4. The summed E-state index contributed by atoms with van der Waals surface area (Å²) in [5.41, 5.74) is 2.29. The second kappa shape index (κ2) is 5.65. The van der Waals surface area contributed by atoms with Gasteiger partial charge in [0.2, 0.25) is 0 Å². The van der Waals surface area contributed by atoms with Crippen LogP contribution in [0, 0.1) is 0 Å². The number of aromatic nitrogens is 3. The first-order valence-corrected chi connectivity index (χ1v) is 7.77. The Morgan fingerprint density at radius 3 is 2.79 bits per heavy atom. The number of nitrogens with zero attached hydrogens (tertiary/aromatic N) is 3. The van der Waals surface area contributed by atoms with Crippen LogP contribution >= 0.6 is 11.8 Å². The molecule has 5 heteroatoms. The summed E-state index contributed by atoms with van der Waals surface area (Å²) >= 11 is 2.04. The Balaban J connectivity index is 1.70. The van der Waals surface area contributed by atoms with Gasteiger partial charge in [-0.15, -0.1) is 10.2 Å². The van der Waals surface area contributed by atoms with Crippen LogP contribution in [0.5, 0.6) is 0 Å². The van der Waals surface area contributed by atoms with Crippen molar-refractivity contribution in [1.29, 1.82) is 0 Å². The van der Waals surface area contributed by atoms with E-state index in [0.717, 1.165) is 11.4 Å². The van der Waals surface area contributed by atoms with Gasteiger partial charge in [-0.25, -0.2) is 0 Å². The van der Waals surface area contributed by atoms with E-state index in [0.29, 0.717) is 6.04 Å². The highest BCUT2D eigenvalue weighted by Gasteiger charge is 2.13. The molecule has 1 aliphatic rings. The molecule has 1 fully saturated rings. The Hall–Kier alpha value is -1.49. The van der Waals surface area contributed by atoms with E-state index in [-0.39, 0.29) is 0 Å². The molecule has 0 bridgehead atoms. The van der Waals surface area contributed by atoms with Crippen LogP contribution in [0.15, 0.2) is 30.6 Å². The van der Waals surface area contributed by atoms with Crippen LogP contribution in [0.3, 0.4) is 0 Å². The van der Waals surface area contributed by atoms with E-state index in [2.05, 4.69) is 39.8 Å². The van der Waals surface area contributed by atoms with Gasteiger partial charge >= 0.3 is 0 Å². The largest absolute Gasteiger partial charge is 0.381 e.